The van der Waals surface area contributed by atoms with Crippen LogP contribution in [0.15, 0.2) is 48.8 Å². The summed E-state index contributed by atoms with van der Waals surface area (Å²) in [7, 11) is 0. The molecule has 0 bridgehead atoms. The summed E-state index contributed by atoms with van der Waals surface area (Å²) < 4.78 is 5.37. The molecular weight excluding hydrogens is 384 g/mol. The molecule has 1 atom stereocenters. The van der Waals surface area contributed by atoms with Crippen LogP contribution in [-0.2, 0) is 4.79 Å². The third-order valence-electron chi connectivity index (χ3n) is 4.30. The van der Waals surface area contributed by atoms with E-state index in [1.54, 1.807) is 42.6 Å². The van der Waals surface area contributed by atoms with Gasteiger partial charge in [0.05, 0.1) is 12.2 Å². The molecule has 1 heterocycles. The monoisotopic (exact) mass is 412 g/mol. The zero-order valence-corrected chi connectivity index (χ0v) is 17.5. The molecule has 8 nitrogen and oxygen atoms in total. The predicted molar refractivity (Wildman–Crippen MR) is 113 cm³/mol. The maximum absolute atomic E-state index is 12.5. The molecule has 0 aliphatic rings. The summed E-state index contributed by atoms with van der Waals surface area (Å²) in [6.45, 7) is 6.64. The maximum Gasteiger partial charge on any atom is 0.252 e. The number of hydrogen-bond acceptors (Lipinski definition) is 5. The molecule has 30 heavy (non-hydrogen) atoms. The molecule has 0 saturated heterocycles. The Labute approximate surface area is 176 Å². The average molecular weight is 412 g/mol. The molecular formula is C22H28N4O4. The van der Waals surface area contributed by atoms with Gasteiger partial charge in [-0.15, -0.1) is 0 Å². The third kappa shape index (κ3) is 6.88. The first-order chi connectivity index (χ1) is 14.4. The predicted octanol–water partition coefficient (Wildman–Crippen LogP) is 1.78. The van der Waals surface area contributed by atoms with Gasteiger partial charge >= 0.3 is 0 Å². The number of rotatable bonds is 10. The molecule has 160 valence electrons. The van der Waals surface area contributed by atoms with Gasteiger partial charge in [-0.1, -0.05) is 13.8 Å². The Morgan fingerprint density at radius 1 is 0.967 bits per heavy atom. The van der Waals surface area contributed by atoms with Crippen LogP contribution in [0.5, 0.6) is 5.75 Å². The second kappa shape index (κ2) is 11.5. The van der Waals surface area contributed by atoms with E-state index < -0.39 is 6.04 Å². The number of pyridine rings is 1. The SMILES string of the molecule is CCOc1ccc(C(=O)NC(C(=O)NCCNC(=O)c2cccnc2)C(C)C)cc1. The topological polar surface area (TPSA) is 109 Å². The minimum absolute atomic E-state index is 0.110. The second-order valence-electron chi connectivity index (χ2n) is 6.94. The largest absolute Gasteiger partial charge is 0.494 e. The molecule has 2 aromatic rings. The van der Waals surface area contributed by atoms with Crippen LogP contribution in [0.25, 0.3) is 0 Å². The maximum atomic E-state index is 12.5. The van der Waals surface area contributed by atoms with Gasteiger partial charge in [0, 0.05) is 31.0 Å². The van der Waals surface area contributed by atoms with Gasteiger partial charge in [-0.05, 0) is 49.2 Å². The molecule has 3 amide bonds. The molecule has 2 rings (SSSR count). The zero-order chi connectivity index (χ0) is 21.9. The highest BCUT2D eigenvalue weighted by molar-refractivity contribution is 5.97. The molecule has 0 spiro atoms. The van der Waals surface area contributed by atoms with Crippen LogP contribution < -0.4 is 20.7 Å². The molecule has 3 N–H and O–H groups in total. The number of benzene rings is 1. The Kier molecular flexibility index (Phi) is 8.80. The van der Waals surface area contributed by atoms with E-state index in [0.29, 0.717) is 23.5 Å². The van der Waals surface area contributed by atoms with Crippen molar-refractivity contribution in [3.63, 3.8) is 0 Å². The zero-order valence-electron chi connectivity index (χ0n) is 17.5. The van der Waals surface area contributed by atoms with Crippen LogP contribution in [-0.4, -0.2) is 48.4 Å². The van der Waals surface area contributed by atoms with Crippen molar-refractivity contribution in [2.75, 3.05) is 19.7 Å². The average Bonchev–Trinajstić information content (AvgIpc) is 2.75. The first kappa shape index (κ1) is 22.9. The standard InChI is InChI=1S/C22H28N4O4/c1-4-30-18-9-7-16(8-10-18)21(28)26-19(15(2)3)22(29)25-13-12-24-20(27)17-6-5-11-23-14-17/h5-11,14-15,19H,4,12-13H2,1-3H3,(H,24,27)(H,25,29)(H,26,28). The highest BCUT2D eigenvalue weighted by atomic mass is 16.5. The van der Waals surface area contributed by atoms with Crippen LogP contribution >= 0.6 is 0 Å². The number of carbonyl (C=O) groups excluding carboxylic acids is 3. The molecule has 1 unspecified atom stereocenters. The van der Waals surface area contributed by atoms with Gasteiger partial charge in [-0.25, -0.2) is 0 Å². The number of nitrogens with one attached hydrogen (secondary N) is 3. The number of hydrogen-bond donors (Lipinski definition) is 3. The van der Waals surface area contributed by atoms with Gasteiger partial charge in [-0.2, -0.15) is 0 Å². The van der Waals surface area contributed by atoms with E-state index in [0.717, 1.165) is 0 Å². The van der Waals surface area contributed by atoms with Crippen molar-refractivity contribution in [3.8, 4) is 5.75 Å². The first-order valence-corrected chi connectivity index (χ1v) is 9.92. The van der Waals surface area contributed by atoms with Crippen LogP contribution in [0.3, 0.4) is 0 Å². The van der Waals surface area contributed by atoms with Gasteiger partial charge in [-0.3, -0.25) is 19.4 Å². The highest BCUT2D eigenvalue weighted by Gasteiger charge is 2.24. The molecule has 1 aromatic heterocycles. The minimum atomic E-state index is -0.696. The number of nitrogens with zero attached hydrogens (tertiary/aromatic N) is 1. The third-order valence-corrected chi connectivity index (χ3v) is 4.30. The molecule has 1 aromatic carbocycles. The van der Waals surface area contributed by atoms with E-state index >= 15 is 0 Å². The van der Waals surface area contributed by atoms with Crippen molar-refractivity contribution in [2.24, 2.45) is 5.92 Å². The van der Waals surface area contributed by atoms with Crippen molar-refractivity contribution in [2.45, 2.75) is 26.8 Å². The summed E-state index contributed by atoms with van der Waals surface area (Å²) in [5, 5.41) is 8.23. The quantitative estimate of drug-likeness (QED) is 0.516. The molecule has 8 heteroatoms. The summed E-state index contributed by atoms with van der Waals surface area (Å²) >= 11 is 0. The van der Waals surface area contributed by atoms with Crippen LogP contribution in [0.2, 0.25) is 0 Å². The van der Waals surface area contributed by atoms with Crippen molar-refractivity contribution >= 4 is 17.7 Å². The van der Waals surface area contributed by atoms with Crippen molar-refractivity contribution in [1.82, 2.24) is 20.9 Å². The van der Waals surface area contributed by atoms with E-state index in [-0.39, 0.29) is 36.7 Å². The lowest BCUT2D eigenvalue weighted by Gasteiger charge is -2.22. The Bertz CT molecular complexity index is 838. The van der Waals surface area contributed by atoms with E-state index in [4.69, 9.17) is 4.74 Å². The molecule has 0 aliphatic carbocycles. The lowest BCUT2D eigenvalue weighted by molar-refractivity contribution is -0.123. The van der Waals surface area contributed by atoms with Crippen LogP contribution in [0.4, 0.5) is 0 Å². The van der Waals surface area contributed by atoms with E-state index in [1.807, 2.05) is 20.8 Å². The van der Waals surface area contributed by atoms with Gasteiger partial charge in [0.2, 0.25) is 5.91 Å². The normalized spacial score (nSPS) is 11.5. The van der Waals surface area contributed by atoms with E-state index in [2.05, 4.69) is 20.9 Å². The Hall–Kier alpha value is -3.42. The molecule has 0 aliphatic heterocycles. The smallest absolute Gasteiger partial charge is 0.252 e. The Morgan fingerprint density at radius 2 is 1.67 bits per heavy atom. The minimum Gasteiger partial charge on any atom is -0.494 e. The number of aromatic nitrogens is 1. The van der Waals surface area contributed by atoms with Crippen LogP contribution in [0.1, 0.15) is 41.5 Å². The fourth-order valence-electron chi connectivity index (χ4n) is 2.70. The number of ether oxygens (including phenoxy) is 1. The Morgan fingerprint density at radius 3 is 2.27 bits per heavy atom. The number of carbonyl (C=O) groups is 3. The van der Waals surface area contributed by atoms with Crippen molar-refractivity contribution < 1.29 is 19.1 Å². The van der Waals surface area contributed by atoms with E-state index in [9.17, 15) is 14.4 Å². The molecule has 0 radical (unpaired) electrons. The summed E-state index contributed by atoms with van der Waals surface area (Å²) in [5.74, 6) is -0.333. The summed E-state index contributed by atoms with van der Waals surface area (Å²) in [5.41, 5.74) is 0.895. The van der Waals surface area contributed by atoms with Gasteiger partial charge in [0.1, 0.15) is 11.8 Å². The summed E-state index contributed by atoms with van der Waals surface area (Å²) in [6, 6.07) is 9.39. The molecule has 0 fully saturated rings. The highest BCUT2D eigenvalue weighted by Crippen LogP contribution is 2.13. The first-order valence-electron chi connectivity index (χ1n) is 9.92. The lowest BCUT2D eigenvalue weighted by atomic mass is 10.0. The van der Waals surface area contributed by atoms with Gasteiger partial charge in [0.25, 0.3) is 11.8 Å². The summed E-state index contributed by atoms with van der Waals surface area (Å²) in [6.07, 6.45) is 3.06. The lowest BCUT2D eigenvalue weighted by Crippen LogP contribution is -2.50. The van der Waals surface area contributed by atoms with Crippen molar-refractivity contribution in [3.05, 3.63) is 59.9 Å². The fraction of sp³-hybridized carbons (Fsp3) is 0.364. The van der Waals surface area contributed by atoms with Gasteiger partial charge < -0.3 is 20.7 Å². The summed E-state index contributed by atoms with van der Waals surface area (Å²) in [4.78, 5) is 40.9. The number of amides is 3. The van der Waals surface area contributed by atoms with Crippen molar-refractivity contribution in [1.29, 1.82) is 0 Å². The van der Waals surface area contributed by atoms with Crippen LogP contribution in [0, 0.1) is 5.92 Å². The fourth-order valence-corrected chi connectivity index (χ4v) is 2.70. The van der Waals surface area contributed by atoms with E-state index in [1.165, 1.54) is 6.20 Å². The van der Waals surface area contributed by atoms with Gasteiger partial charge in [0.15, 0.2) is 0 Å². The Balaban J connectivity index is 1.83. The second-order valence-corrected chi connectivity index (χ2v) is 6.94. The molecule has 0 saturated carbocycles.